The van der Waals surface area contributed by atoms with E-state index in [0.29, 0.717) is 22.6 Å². The number of aromatic nitrogens is 5. The molecular weight excluding hydrogens is 384 g/mol. The van der Waals surface area contributed by atoms with Crippen molar-refractivity contribution in [3.8, 4) is 5.69 Å². The predicted molar refractivity (Wildman–Crippen MR) is 110 cm³/mol. The Morgan fingerprint density at radius 2 is 2.00 bits per heavy atom. The van der Waals surface area contributed by atoms with Gasteiger partial charge in [-0.25, -0.2) is 19.0 Å². The number of ether oxygens (including phenoxy) is 1. The maximum Gasteiger partial charge on any atom is 0.358 e. The summed E-state index contributed by atoms with van der Waals surface area (Å²) in [6.07, 6.45) is 3.17. The zero-order chi connectivity index (χ0) is 21.3. The molecule has 4 aromatic rings. The summed E-state index contributed by atoms with van der Waals surface area (Å²) in [5, 5.41) is 11.4. The lowest BCUT2D eigenvalue weighted by molar-refractivity contribution is 0.0519. The van der Waals surface area contributed by atoms with E-state index in [9.17, 15) is 9.59 Å². The van der Waals surface area contributed by atoms with Gasteiger partial charge in [0.25, 0.3) is 5.91 Å². The lowest BCUT2D eigenvalue weighted by Crippen LogP contribution is -2.13. The summed E-state index contributed by atoms with van der Waals surface area (Å²) < 4.78 is 8.15. The summed E-state index contributed by atoms with van der Waals surface area (Å²) in [6, 6.07) is 10.6. The van der Waals surface area contributed by atoms with Crippen LogP contribution in [-0.2, 0) is 4.74 Å². The molecule has 0 bridgehead atoms. The van der Waals surface area contributed by atoms with E-state index in [4.69, 9.17) is 4.74 Å². The maximum absolute atomic E-state index is 12.8. The number of carbonyl (C=O) groups is 2. The molecule has 152 valence electrons. The van der Waals surface area contributed by atoms with Gasteiger partial charge in [-0.3, -0.25) is 4.79 Å². The topological polar surface area (TPSA) is 103 Å². The SMILES string of the molecule is CCOC(=O)c1ccn(-c2cccc(NC(=O)c3cnn4c(C)cc(C)nc34)c2)n1. The number of rotatable bonds is 5. The second-order valence-corrected chi connectivity index (χ2v) is 6.70. The van der Waals surface area contributed by atoms with Crippen molar-refractivity contribution in [2.24, 2.45) is 0 Å². The lowest BCUT2D eigenvalue weighted by Gasteiger charge is -2.07. The van der Waals surface area contributed by atoms with E-state index < -0.39 is 5.97 Å². The zero-order valence-electron chi connectivity index (χ0n) is 16.8. The molecule has 0 atom stereocenters. The first-order valence-electron chi connectivity index (χ1n) is 9.43. The molecule has 0 aliphatic rings. The van der Waals surface area contributed by atoms with Crippen molar-refractivity contribution < 1.29 is 14.3 Å². The van der Waals surface area contributed by atoms with Crippen molar-refractivity contribution in [1.82, 2.24) is 24.4 Å². The number of fused-ring (bicyclic) bond motifs is 1. The molecule has 9 heteroatoms. The van der Waals surface area contributed by atoms with Gasteiger partial charge in [-0.2, -0.15) is 10.2 Å². The summed E-state index contributed by atoms with van der Waals surface area (Å²) in [7, 11) is 0. The van der Waals surface area contributed by atoms with Crippen LogP contribution in [0.3, 0.4) is 0 Å². The number of anilines is 1. The van der Waals surface area contributed by atoms with Crippen LogP contribution in [0.2, 0.25) is 0 Å². The van der Waals surface area contributed by atoms with E-state index in [2.05, 4.69) is 20.5 Å². The molecule has 9 nitrogen and oxygen atoms in total. The first-order chi connectivity index (χ1) is 14.5. The Morgan fingerprint density at radius 1 is 1.17 bits per heavy atom. The van der Waals surface area contributed by atoms with Crippen molar-refractivity contribution in [2.45, 2.75) is 20.8 Å². The van der Waals surface area contributed by atoms with Gasteiger partial charge in [0.15, 0.2) is 11.3 Å². The average molecular weight is 404 g/mol. The van der Waals surface area contributed by atoms with Gasteiger partial charge in [-0.15, -0.1) is 0 Å². The standard InChI is InChI=1S/C21H20N6O3/c1-4-30-21(29)18-8-9-26(25-18)16-7-5-6-15(11-16)24-20(28)17-12-22-27-14(3)10-13(2)23-19(17)27/h5-12H,4H2,1-3H3,(H,24,28). The number of esters is 1. The van der Waals surface area contributed by atoms with Crippen molar-refractivity contribution in [3.63, 3.8) is 0 Å². The quantitative estimate of drug-likeness (QED) is 0.513. The average Bonchev–Trinajstić information content (AvgIpc) is 3.36. The van der Waals surface area contributed by atoms with Crippen molar-refractivity contribution >= 4 is 23.2 Å². The molecular formula is C21H20N6O3. The molecule has 0 aliphatic heterocycles. The molecule has 0 unspecified atom stereocenters. The minimum atomic E-state index is -0.480. The highest BCUT2D eigenvalue weighted by Crippen LogP contribution is 2.18. The second-order valence-electron chi connectivity index (χ2n) is 6.70. The highest BCUT2D eigenvalue weighted by Gasteiger charge is 2.16. The Hall–Kier alpha value is -4.01. The molecule has 1 N–H and O–H groups in total. The largest absolute Gasteiger partial charge is 0.461 e. The van der Waals surface area contributed by atoms with Crippen LogP contribution in [0.15, 0.2) is 48.8 Å². The third kappa shape index (κ3) is 3.64. The maximum atomic E-state index is 12.8. The number of nitrogens with zero attached hydrogens (tertiary/aromatic N) is 5. The molecule has 1 amide bonds. The van der Waals surface area contributed by atoms with Crippen LogP contribution >= 0.6 is 0 Å². The third-order valence-corrected chi connectivity index (χ3v) is 4.46. The van der Waals surface area contributed by atoms with E-state index >= 15 is 0 Å². The van der Waals surface area contributed by atoms with Gasteiger partial charge in [-0.1, -0.05) is 6.07 Å². The zero-order valence-corrected chi connectivity index (χ0v) is 16.8. The highest BCUT2D eigenvalue weighted by atomic mass is 16.5. The molecule has 30 heavy (non-hydrogen) atoms. The first-order valence-corrected chi connectivity index (χ1v) is 9.43. The molecule has 0 saturated carbocycles. The number of carbonyl (C=O) groups excluding carboxylic acids is 2. The van der Waals surface area contributed by atoms with E-state index in [1.165, 1.54) is 6.20 Å². The van der Waals surface area contributed by atoms with Crippen molar-refractivity contribution in [3.05, 3.63) is 71.4 Å². The smallest absolute Gasteiger partial charge is 0.358 e. The van der Waals surface area contributed by atoms with E-state index in [1.807, 2.05) is 26.0 Å². The van der Waals surface area contributed by atoms with Gasteiger partial charge < -0.3 is 10.1 Å². The minimum Gasteiger partial charge on any atom is -0.461 e. The molecule has 0 radical (unpaired) electrons. The molecule has 0 aliphatic carbocycles. The fourth-order valence-corrected chi connectivity index (χ4v) is 3.14. The van der Waals surface area contributed by atoms with Crippen LogP contribution in [-0.4, -0.2) is 42.9 Å². The van der Waals surface area contributed by atoms with Crippen LogP contribution in [0.4, 0.5) is 5.69 Å². The Morgan fingerprint density at radius 3 is 2.80 bits per heavy atom. The summed E-state index contributed by atoms with van der Waals surface area (Å²) in [6.45, 7) is 5.81. The molecule has 3 heterocycles. The van der Waals surface area contributed by atoms with Gasteiger partial charge in [0.05, 0.1) is 18.5 Å². The normalized spacial score (nSPS) is 10.9. The van der Waals surface area contributed by atoms with Crippen LogP contribution in [0.5, 0.6) is 0 Å². The Kier molecular flexibility index (Phi) is 5.01. The molecule has 0 spiro atoms. The van der Waals surface area contributed by atoms with Gasteiger partial charge >= 0.3 is 5.97 Å². The van der Waals surface area contributed by atoms with Gasteiger partial charge in [0, 0.05) is 23.3 Å². The van der Waals surface area contributed by atoms with Crippen LogP contribution in [0.1, 0.15) is 39.2 Å². The number of aryl methyl sites for hydroxylation is 2. The summed E-state index contributed by atoms with van der Waals surface area (Å²) in [5.41, 5.74) is 4.09. The summed E-state index contributed by atoms with van der Waals surface area (Å²) in [4.78, 5) is 29.1. The monoisotopic (exact) mass is 404 g/mol. The third-order valence-electron chi connectivity index (χ3n) is 4.46. The first kappa shape index (κ1) is 19.3. The molecule has 4 rings (SSSR count). The highest BCUT2D eigenvalue weighted by molar-refractivity contribution is 6.08. The van der Waals surface area contributed by atoms with Crippen molar-refractivity contribution in [2.75, 3.05) is 11.9 Å². The summed E-state index contributed by atoms with van der Waals surface area (Å²) >= 11 is 0. The van der Waals surface area contributed by atoms with E-state index in [0.717, 1.165) is 11.4 Å². The fourth-order valence-electron chi connectivity index (χ4n) is 3.14. The number of hydrogen-bond donors (Lipinski definition) is 1. The summed E-state index contributed by atoms with van der Waals surface area (Å²) in [5.74, 6) is -0.792. The number of amides is 1. The van der Waals surface area contributed by atoms with Gasteiger partial charge in [0.2, 0.25) is 0 Å². The Labute approximate surface area is 172 Å². The Bertz CT molecular complexity index is 1260. The van der Waals surface area contributed by atoms with Crippen LogP contribution in [0, 0.1) is 13.8 Å². The number of benzene rings is 1. The van der Waals surface area contributed by atoms with E-state index in [1.54, 1.807) is 46.6 Å². The van der Waals surface area contributed by atoms with Gasteiger partial charge in [-0.05, 0) is 51.1 Å². The van der Waals surface area contributed by atoms with Gasteiger partial charge in [0.1, 0.15) is 5.56 Å². The number of nitrogens with one attached hydrogen (secondary N) is 1. The Balaban J connectivity index is 1.58. The van der Waals surface area contributed by atoms with Crippen LogP contribution in [0.25, 0.3) is 11.3 Å². The molecule has 0 fully saturated rings. The molecule has 0 saturated heterocycles. The molecule has 3 aromatic heterocycles. The number of hydrogen-bond acceptors (Lipinski definition) is 6. The van der Waals surface area contributed by atoms with Crippen LogP contribution < -0.4 is 5.32 Å². The molecule has 1 aromatic carbocycles. The van der Waals surface area contributed by atoms with E-state index in [-0.39, 0.29) is 18.2 Å². The second kappa shape index (κ2) is 7.78. The lowest BCUT2D eigenvalue weighted by atomic mass is 10.2. The predicted octanol–water partition coefficient (Wildman–Crippen LogP) is 2.96. The fraction of sp³-hybridized carbons (Fsp3) is 0.190. The minimum absolute atomic E-state index is 0.217. The van der Waals surface area contributed by atoms with Crippen molar-refractivity contribution in [1.29, 1.82) is 0 Å².